The highest BCUT2D eigenvalue weighted by atomic mass is 79.9. The van der Waals surface area contributed by atoms with E-state index in [1.165, 1.54) is 0 Å². The minimum Gasteiger partial charge on any atom is -0.383 e. The molecule has 22 heavy (non-hydrogen) atoms. The number of methoxy groups -OCH3 is 1. The molecule has 126 valence electrons. The van der Waals surface area contributed by atoms with Crippen molar-refractivity contribution in [2.24, 2.45) is 0 Å². The minimum absolute atomic E-state index is 0. The topological polar surface area (TPSA) is 67.4 Å². The van der Waals surface area contributed by atoms with Crippen LogP contribution in [0, 0.1) is 6.92 Å². The van der Waals surface area contributed by atoms with Crippen molar-refractivity contribution in [1.82, 2.24) is 10.0 Å². The number of aryl methyl sites for hydroxylation is 1. The molecule has 0 aromatic heterocycles. The number of rotatable bonds is 6. The average molecular weight is 414 g/mol. The summed E-state index contributed by atoms with van der Waals surface area (Å²) >= 11 is 3.38. The van der Waals surface area contributed by atoms with Crippen molar-refractivity contribution in [3.63, 3.8) is 0 Å². The molecule has 5 nitrogen and oxygen atoms in total. The van der Waals surface area contributed by atoms with Crippen molar-refractivity contribution >= 4 is 38.4 Å². The molecule has 1 aliphatic heterocycles. The quantitative estimate of drug-likeness (QED) is 0.750. The zero-order valence-corrected chi connectivity index (χ0v) is 15.9. The first-order valence-corrected chi connectivity index (χ1v) is 9.16. The van der Waals surface area contributed by atoms with Gasteiger partial charge in [0.15, 0.2) is 0 Å². The van der Waals surface area contributed by atoms with E-state index in [1.54, 1.807) is 25.3 Å². The summed E-state index contributed by atoms with van der Waals surface area (Å²) in [5.41, 5.74) is 0.593. The Bertz CT molecular complexity index is 604. The van der Waals surface area contributed by atoms with Gasteiger partial charge in [0.05, 0.1) is 17.0 Å². The molecule has 0 bridgehead atoms. The molecule has 0 aliphatic carbocycles. The summed E-state index contributed by atoms with van der Waals surface area (Å²) in [6.45, 7) is 3.59. The van der Waals surface area contributed by atoms with Gasteiger partial charge in [-0.25, -0.2) is 13.1 Å². The van der Waals surface area contributed by atoms with Crippen LogP contribution in [-0.4, -0.2) is 40.8 Å². The van der Waals surface area contributed by atoms with E-state index in [-0.39, 0.29) is 22.8 Å². The Balaban J connectivity index is 0.00000242. The summed E-state index contributed by atoms with van der Waals surface area (Å²) in [6.07, 6.45) is 1.94. The number of sulfonamides is 1. The van der Waals surface area contributed by atoms with Crippen LogP contribution in [-0.2, 0) is 14.8 Å². The first-order chi connectivity index (χ1) is 9.88. The standard InChI is InChI=1S/C14H21BrN2O3S.ClH/c1-11-8-12(4-5-13(11)15)21(18,19)17-9-14(10-20-2)6-3-7-16-14;/h4-5,8,16-17H,3,6-7,9-10H2,1-2H3;1H. The summed E-state index contributed by atoms with van der Waals surface area (Å²) in [4.78, 5) is 0.286. The van der Waals surface area contributed by atoms with Crippen LogP contribution >= 0.6 is 28.3 Å². The van der Waals surface area contributed by atoms with Crippen molar-refractivity contribution in [3.8, 4) is 0 Å². The molecule has 8 heteroatoms. The van der Waals surface area contributed by atoms with Gasteiger partial charge in [-0.2, -0.15) is 0 Å². The fraction of sp³-hybridized carbons (Fsp3) is 0.571. The van der Waals surface area contributed by atoms with Gasteiger partial charge in [-0.05, 0) is 50.1 Å². The second-order valence-electron chi connectivity index (χ2n) is 5.48. The normalized spacial score (nSPS) is 21.6. The molecule has 1 fully saturated rings. The third-order valence-electron chi connectivity index (χ3n) is 3.79. The molecule has 2 rings (SSSR count). The average Bonchev–Trinajstić information content (AvgIpc) is 2.89. The van der Waals surface area contributed by atoms with Gasteiger partial charge in [0.25, 0.3) is 0 Å². The molecule has 0 saturated carbocycles. The Morgan fingerprint density at radius 1 is 1.45 bits per heavy atom. The van der Waals surface area contributed by atoms with Crippen LogP contribution in [0.2, 0.25) is 0 Å². The van der Waals surface area contributed by atoms with Gasteiger partial charge in [-0.3, -0.25) is 0 Å². The lowest BCUT2D eigenvalue weighted by molar-refractivity contribution is 0.122. The third-order valence-corrected chi connectivity index (χ3v) is 6.08. The summed E-state index contributed by atoms with van der Waals surface area (Å²) in [5, 5.41) is 3.36. The second kappa shape index (κ2) is 8.08. The number of hydrogen-bond acceptors (Lipinski definition) is 4. The maximum absolute atomic E-state index is 12.4. The molecular formula is C14H22BrClN2O3S. The molecule has 1 aliphatic rings. The molecule has 1 atom stereocenters. The van der Waals surface area contributed by atoms with Crippen LogP contribution in [0.5, 0.6) is 0 Å². The largest absolute Gasteiger partial charge is 0.383 e. The monoisotopic (exact) mass is 412 g/mol. The van der Waals surface area contributed by atoms with E-state index in [2.05, 4.69) is 26.0 Å². The number of ether oxygens (including phenoxy) is 1. The Morgan fingerprint density at radius 2 is 2.18 bits per heavy atom. The molecule has 0 radical (unpaired) electrons. The molecule has 1 saturated heterocycles. The van der Waals surface area contributed by atoms with E-state index in [0.717, 1.165) is 29.4 Å². The van der Waals surface area contributed by atoms with Crippen molar-refractivity contribution < 1.29 is 13.2 Å². The van der Waals surface area contributed by atoms with Gasteiger partial charge in [-0.15, -0.1) is 12.4 Å². The summed E-state index contributed by atoms with van der Waals surface area (Å²) in [6, 6.07) is 5.02. The lowest BCUT2D eigenvalue weighted by atomic mass is 9.99. The van der Waals surface area contributed by atoms with Crippen LogP contribution in [0.25, 0.3) is 0 Å². The molecule has 0 amide bonds. The summed E-state index contributed by atoms with van der Waals surface area (Å²) in [5.74, 6) is 0. The highest BCUT2D eigenvalue weighted by molar-refractivity contribution is 9.10. The molecule has 1 unspecified atom stereocenters. The van der Waals surface area contributed by atoms with Crippen LogP contribution in [0.1, 0.15) is 18.4 Å². The molecule has 0 spiro atoms. The predicted octanol–water partition coefficient (Wildman–Crippen LogP) is 2.23. The van der Waals surface area contributed by atoms with Gasteiger partial charge in [-0.1, -0.05) is 15.9 Å². The Kier molecular flexibility index (Phi) is 7.29. The van der Waals surface area contributed by atoms with Crippen molar-refractivity contribution in [1.29, 1.82) is 0 Å². The lowest BCUT2D eigenvalue weighted by Gasteiger charge is -2.28. The first-order valence-electron chi connectivity index (χ1n) is 6.88. The van der Waals surface area contributed by atoms with Gasteiger partial charge in [0.1, 0.15) is 0 Å². The summed E-state index contributed by atoms with van der Waals surface area (Å²) in [7, 11) is -1.88. The maximum atomic E-state index is 12.4. The smallest absolute Gasteiger partial charge is 0.240 e. The SMILES string of the molecule is COCC1(CNS(=O)(=O)c2ccc(Br)c(C)c2)CCCN1.Cl. The molecule has 2 N–H and O–H groups in total. The lowest BCUT2D eigenvalue weighted by Crippen LogP contribution is -2.52. The first kappa shape index (κ1) is 19.9. The van der Waals surface area contributed by atoms with E-state index in [1.807, 2.05) is 6.92 Å². The van der Waals surface area contributed by atoms with Crippen molar-refractivity contribution in [2.45, 2.75) is 30.2 Å². The van der Waals surface area contributed by atoms with Gasteiger partial charge >= 0.3 is 0 Å². The van der Waals surface area contributed by atoms with Gasteiger partial charge in [0, 0.05) is 18.1 Å². The Labute approximate surface area is 146 Å². The Hall–Kier alpha value is -0.180. The molecule has 1 aromatic carbocycles. The molecule has 1 aromatic rings. The number of benzene rings is 1. The predicted molar refractivity (Wildman–Crippen MR) is 93.2 cm³/mol. The van der Waals surface area contributed by atoms with Gasteiger partial charge < -0.3 is 10.1 Å². The van der Waals surface area contributed by atoms with Crippen LogP contribution in [0.4, 0.5) is 0 Å². The number of nitrogens with one attached hydrogen (secondary N) is 2. The van der Waals surface area contributed by atoms with Crippen LogP contribution in [0.15, 0.2) is 27.6 Å². The van der Waals surface area contributed by atoms with E-state index >= 15 is 0 Å². The second-order valence-corrected chi connectivity index (χ2v) is 8.10. The highest BCUT2D eigenvalue weighted by Crippen LogP contribution is 2.22. The Morgan fingerprint density at radius 3 is 2.73 bits per heavy atom. The number of hydrogen-bond donors (Lipinski definition) is 2. The van der Waals surface area contributed by atoms with Crippen molar-refractivity contribution in [3.05, 3.63) is 28.2 Å². The van der Waals surface area contributed by atoms with Crippen LogP contribution in [0.3, 0.4) is 0 Å². The van der Waals surface area contributed by atoms with E-state index in [9.17, 15) is 8.42 Å². The number of halogens is 2. The van der Waals surface area contributed by atoms with E-state index in [0.29, 0.717) is 13.2 Å². The maximum Gasteiger partial charge on any atom is 0.240 e. The van der Waals surface area contributed by atoms with E-state index < -0.39 is 10.0 Å². The van der Waals surface area contributed by atoms with E-state index in [4.69, 9.17) is 4.74 Å². The zero-order chi connectivity index (χ0) is 15.5. The van der Waals surface area contributed by atoms with Crippen LogP contribution < -0.4 is 10.0 Å². The molecular weight excluding hydrogens is 392 g/mol. The fourth-order valence-electron chi connectivity index (χ4n) is 2.57. The fourth-order valence-corrected chi connectivity index (χ4v) is 4.03. The minimum atomic E-state index is -3.51. The zero-order valence-electron chi connectivity index (χ0n) is 12.7. The third kappa shape index (κ3) is 4.66. The van der Waals surface area contributed by atoms with Crippen molar-refractivity contribution in [2.75, 3.05) is 26.8 Å². The van der Waals surface area contributed by atoms with Gasteiger partial charge in [0.2, 0.25) is 10.0 Å². The molecule has 1 heterocycles. The highest BCUT2D eigenvalue weighted by Gasteiger charge is 2.34. The summed E-state index contributed by atoms with van der Waals surface area (Å²) < 4.78 is 33.6.